The van der Waals surface area contributed by atoms with E-state index in [2.05, 4.69) is 27.1 Å². The molecule has 0 aliphatic rings. The van der Waals surface area contributed by atoms with E-state index < -0.39 is 0 Å². The normalized spacial score (nSPS) is 11.0. The number of hydrogen-bond acceptors (Lipinski definition) is 5. The zero-order chi connectivity index (χ0) is 18.8. The lowest BCUT2D eigenvalue weighted by Crippen LogP contribution is -2.09. The minimum Gasteiger partial charge on any atom is -0.333 e. The fraction of sp³-hybridized carbons (Fsp3) is 0.0476. The summed E-state index contributed by atoms with van der Waals surface area (Å²) in [4.78, 5) is 23.3. The van der Waals surface area contributed by atoms with Crippen LogP contribution in [0.3, 0.4) is 0 Å². The highest BCUT2D eigenvalue weighted by molar-refractivity contribution is 5.81. The second kappa shape index (κ2) is 6.96. The van der Waals surface area contributed by atoms with Gasteiger partial charge in [-0.15, -0.1) is 0 Å². The topological polar surface area (TPSA) is 70.7 Å². The number of fused-ring (bicyclic) bond motifs is 1. The van der Waals surface area contributed by atoms with Crippen LogP contribution in [0.2, 0.25) is 0 Å². The molecule has 0 atom stereocenters. The number of rotatable bonds is 5. The lowest BCUT2D eigenvalue weighted by molar-refractivity contribution is 0.211. The Morgan fingerprint density at radius 3 is 2.54 bits per heavy atom. The average Bonchev–Trinajstić information content (AvgIpc) is 3.38. The first-order valence-electron chi connectivity index (χ1n) is 8.85. The lowest BCUT2D eigenvalue weighted by atomic mass is 10.2. The van der Waals surface area contributed by atoms with E-state index in [1.54, 1.807) is 35.7 Å². The van der Waals surface area contributed by atoms with Crippen molar-refractivity contribution in [3.05, 3.63) is 91.3 Å². The van der Waals surface area contributed by atoms with E-state index in [-0.39, 0.29) is 6.01 Å². The zero-order valence-corrected chi connectivity index (χ0v) is 14.9. The largest absolute Gasteiger partial charge is 0.343 e. The smallest absolute Gasteiger partial charge is 0.333 e. The van der Waals surface area contributed by atoms with Crippen molar-refractivity contribution in [2.24, 2.45) is 0 Å². The Morgan fingerprint density at radius 1 is 0.893 bits per heavy atom. The number of nitrogens with zero attached hydrogens (tertiary/aromatic N) is 6. The summed E-state index contributed by atoms with van der Waals surface area (Å²) in [5, 5.41) is 0. The summed E-state index contributed by atoms with van der Waals surface area (Å²) >= 11 is 0. The molecule has 3 heterocycles. The van der Waals surface area contributed by atoms with Gasteiger partial charge in [0, 0.05) is 36.9 Å². The van der Waals surface area contributed by atoms with Crippen LogP contribution in [0.1, 0.15) is 5.56 Å². The molecule has 7 heteroatoms. The van der Waals surface area contributed by atoms with E-state index in [1.165, 1.54) is 0 Å². The van der Waals surface area contributed by atoms with Gasteiger partial charge in [-0.05, 0) is 23.8 Å². The summed E-state index contributed by atoms with van der Waals surface area (Å²) in [7, 11) is 0. The Morgan fingerprint density at radius 2 is 1.75 bits per heavy atom. The monoisotopic (exact) mass is 368 g/mol. The predicted molar refractivity (Wildman–Crippen MR) is 105 cm³/mol. The van der Waals surface area contributed by atoms with Crippen molar-refractivity contribution < 1.29 is 4.84 Å². The maximum atomic E-state index is 6.02. The first kappa shape index (κ1) is 16.2. The molecule has 5 rings (SSSR count). The SMILES string of the molecule is c1ccc(-c2nc3ccc(Cn4ccnc4)cc3n2Oc2ncccn2)cc1. The quantitative estimate of drug-likeness (QED) is 0.474. The Balaban J connectivity index is 1.64. The average molecular weight is 368 g/mol. The molecule has 0 saturated carbocycles. The number of hydrogen-bond donors (Lipinski definition) is 0. The number of imidazole rings is 2. The van der Waals surface area contributed by atoms with E-state index in [0.717, 1.165) is 22.2 Å². The molecule has 0 spiro atoms. The highest BCUT2D eigenvalue weighted by Gasteiger charge is 2.16. The van der Waals surface area contributed by atoms with Gasteiger partial charge in [0.2, 0.25) is 0 Å². The fourth-order valence-electron chi connectivity index (χ4n) is 3.06. The van der Waals surface area contributed by atoms with Crippen molar-refractivity contribution in [2.45, 2.75) is 6.54 Å². The van der Waals surface area contributed by atoms with Gasteiger partial charge in [0.1, 0.15) is 5.52 Å². The molecule has 28 heavy (non-hydrogen) atoms. The molecule has 0 aliphatic heterocycles. The first-order chi connectivity index (χ1) is 13.9. The van der Waals surface area contributed by atoms with Crippen LogP contribution in [-0.2, 0) is 6.54 Å². The van der Waals surface area contributed by atoms with Crippen molar-refractivity contribution in [1.82, 2.24) is 29.2 Å². The molecule has 0 aliphatic carbocycles. The predicted octanol–water partition coefficient (Wildman–Crippen LogP) is 3.58. The second-order valence-corrected chi connectivity index (χ2v) is 6.28. The van der Waals surface area contributed by atoms with Gasteiger partial charge in [0.05, 0.1) is 11.8 Å². The lowest BCUT2D eigenvalue weighted by Gasteiger charge is -2.09. The second-order valence-electron chi connectivity index (χ2n) is 6.28. The summed E-state index contributed by atoms with van der Waals surface area (Å²) in [6.07, 6.45) is 8.80. The molecule has 2 aromatic carbocycles. The molecule has 0 saturated heterocycles. The number of aromatic nitrogens is 6. The molecular weight excluding hydrogens is 352 g/mol. The summed E-state index contributed by atoms with van der Waals surface area (Å²) in [5.74, 6) is 0.697. The molecule has 0 unspecified atom stereocenters. The van der Waals surface area contributed by atoms with Crippen molar-refractivity contribution in [3.8, 4) is 17.4 Å². The summed E-state index contributed by atoms with van der Waals surface area (Å²) in [5.41, 5.74) is 3.75. The Hall–Kier alpha value is -4.00. The molecule has 0 fully saturated rings. The molecule has 0 N–H and O–H groups in total. The van der Waals surface area contributed by atoms with Crippen molar-refractivity contribution in [2.75, 3.05) is 0 Å². The maximum Gasteiger partial charge on any atom is 0.343 e. The Bertz CT molecular complexity index is 1200. The molecule has 0 radical (unpaired) electrons. The third-order valence-corrected chi connectivity index (χ3v) is 4.35. The van der Waals surface area contributed by atoms with Gasteiger partial charge in [-0.25, -0.2) is 19.9 Å². The highest BCUT2D eigenvalue weighted by Crippen LogP contribution is 2.26. The van der Waals surface area contributed by atoms with E-state index in [4.69, 9.17) is 9.82 Å². The third kappa shape index (κ3) is 3.09. The highest BCUT2D eigenvalue weighted by atomic mass is 16.7. The van der Waals surface area contributed by atoms with Crippen LogP contribution in [0.4, 0.5) is 0 Å². The summed E-state index contributed by atoms with van der Waals surface area (Å²) in [6.45, 7) is 0.712. The summed E-state index contributed by atoms with van der Waals surface area (Å²) in [6, 6.07) is 18.1. The van der Waals surface area contributed by atoms with Gasteiger partial charge in [0.15, 0.2) is 5.82 Å². The standard InChI is InChI=1S/C21H16N6O/c1-2-5-17(6-3-1)20-25-18-8-7-16(14-26-12-11-22-15-26)13-19(18)27(20)28-21-23-9-4-10-24-21/h1-13,15H,14H2. The van der Waals surface area contributed by atoms with Crippen LogP contribution in [0, 0.1) is 0 Å². The fourth-order valence-corrected chi connectivity index (χ4v) is 3.06. The number of benzene rings is 2. The van der Waals surface area contributed by atoms with Crippen LogP contribution < -0.4 is 4.84 Å². The maximum absolute atomic E-state index is 6.02. The molecule has 0 bridgehead atoms. The molecule has 0 amide bonds. The Kier molecular flexibility index (Phi) is 4.02. The van der Waals surface area contributed by atoms with Gasteiger partial charge in [-0.1, -0.05) is 36.4 Å². The minimum atomic E-state index is 0.263. The van der Waals surface area contributed by atoms with Gasteiger partial charge >= 0.3 is 6.01 Å². The molecule has 5 aromatic rings. The van der Waals surface area contributed by atoms with Crippen LogP contribution in [0.15, 0.2) is 85.7 Å². The molecule has 136 valence electrons. The van der Waals surface area contributed by atoms with E-state index in [9.17, 15) is 0 Å². The van der Waals surface area contributed by atoms with Gasteiger partial charge in [-0.2, -0.15) is 4.73 Å². The molecule has 7 nitrogen and oxygen atoms in total. The van der Waals surface area contributed by atoms with E-state index >= 15 is 0 Å². The summed E-state index contributed by atoms with van der Waals surface area (Å²) < 4.78 is 3.71. The molecule has 3 aromatic heterocycles. The first-order valence-corrected chi connectivity index (χ1v) is 8.85. The Labute approximate surface area is 160 Å². The van der Waals surface area contributed by atoms with Crippen LogP contribution in [-0.4, -0.2) is 29.2 Å². The third-order valence-electron chi connectivity index (χ3n) is 4.35. The minimum absolute atomic E-state index is 0.263. The van der Waals surface area contributed by atoms with E-state index in [1.807, 2.05) is 47.2 Å². The van der Waals surface area contributed by atoms with Crippen LogP contribution in [0.5, 0.6) is 6.01 Å². The van der Waals surface area contributed by atoms with Crippen molar-refractivity contribution in [3.63, 3.8) is 0 Å². The van der Waals surface area contributed by atoms with Gasteiger partial charge < -0.3 is 9.40 Å². The van der Waals surface area contributed by atoms with Gasteiger partial charge in [0.25, 0.3) is 0 Å². The van der Waals surface area contributed by atoms with Crippen molar-refractivity contribution in [1.29, 1.82) is 0 Å². The molecular formula is C21H16N6O. The van der Waals surface area contributed by atoms with Crippen molar-refractivity contribution >= 4 is 11.0 Å². The van der Waals surface area contributed by atoms with Crippen LogP contribution >= 0.6 is 0 Å². The van der Waals surface area contributed by atoms with E-state index in [0.29, 0.717) is 12.4 Å². The van der Waals surface area contributed by atoms with Gasteiger partial charge in [-0.3, -0.25) is 0 Å². The van der Waals surface area contributed by atoms with Crippen LogP contribution in [0.25, 0.3) is 22.4 Å². The zero-order valence-electron chi connectivity index (χ0n) is 14.9.